The van der Waals surface area contributed by atoms with E-state index in [0.717, 1.165) is 16.9 Å². The smallest absolute Gasteiger partial charge is 0.396 e. The van der Waals surface area contributed by atoms with Gasteiger partial charge in [0.25, 0.3) is 0 Å². The lowest BCUT2D eigenvalue weighted by Gasteiger charge is -2.21. The maximum atomic E-state index is 12.4. The summed E-state index contributed by atoms with van der Waals surface area (Å²) in [7, 11) is 0. The second-order valence-corrected chi connectivity index (χ2v) is 4.83. The van der Waals surface area contributed by atoms with Crippen molar-refractivity contribution in [2.75, 3.05) is 6.61 Å². The molecule has 2 N–H and O–H groups in total. The first-order chi connectivity index (χ1) is 9.24. The molecule has 1 unspecified atom stereocenters. The minimum Gasteiger partial charge on any atom is -0.396 e. The Morgan fingerprint density at radius 3 is 2.60 bits per heavy atom. The predicted octanol–water partition coefficient (Wildman–Crippen LogP) is 1.43. The van der Waals surface area contributed by atoms with Crippen LogP contribution in [-0.2, 0) is 17.5 Å². The van der Waals surface area contributed by atoms with Gasteiger partial charge in [0.15, 0.2) is 5.69 Å². The molecule has 0 spiro atoms. The summed E-state index contributed by atoms with van der Waals surface area (Å²) in [5.74, 6) is -0.316. The predicted molar refractivity (Wildman–Crippen MR) is 65.7 cm³/mol. The van der Waals surface area contributed by atoms with Crippen LogP contribution in [0.1, 0.15) is 26.0 Å². The lowest BCUT2D eigenvalue weighted by atomic mass is 10.0. The number of hydrogen-bond donors (Lipinski definition) is 2. The molecule has 114 valence electrons. The molecule has 1 aromatic rings. The van der Waals surface area contributed by atoms with Crippen molar-refractivity contribution < 1.29 is 23.1 Å². The topological polar surface area (TPSA) is 67.2 Å². The van der Waals surface area contributed by atoms with Crippen molar-refractivity contribution in [3.63, 3.8) is 0 Å². The highest BCUT2D eigenvalue weighted by atomic mass is 19.4. The Hall–Kier alpha value is -1.57. The van der Waals surface area contributed by atoms with Crippen LogP contribution in [0.4, 0.5) is 13.2 Å². The van der Waals surface area contributed by atoms with Crippen molar-refractivity contribution >= 4 is 5.91 Å². The zero-order valence-electron chi connectivity index (χ0n) is 11.3. The molecule has 1 heterocycles. The summed E-state index contributed by atoms with van der Waals surface area (Å²) in [6.07, 6.45) is -3.01. The highest BCUT2D eigenvalue weighted by molar-refractivity contribution is 5.75. The number of aliphatic hydroxyl groups is 1. The van der Waals surface area contributed by atoms with Crippen LogP contribution in [0.2, 0.25) is 0 Å². The lowest BCUT2D eigenvalue weighted by Crippen LogP contribution is -2.40. The van der Waals surface area contributed by atoms with Crippen LogP contribution in [0.15, 0.2) is 12.3 Å². The van der Waals surface area contributed by atoms with Crippen molar-refractivity contribution in [2.24, 2.45) is 5.92 Å². The van der Waals surface area contributed by atoms with Crippen molar-refractivity contribution in [1.82, 2.24) is 15.1 Å². The van der Waals surface area contributed by atoms with Gasteiger partial charge in [0.1, 0.15) is 6.54 Å². The quantitative estimate of drug-likeness (QED) is 0.833. The Morgan fingerprint density at radius 1 is 1.50 bits per heavy atom. The van der Waals surface area contributed by atoms with Crippen LogP contribution >= 0.6 is 0 Å². The maximum Gasteiger partial charge on any atom is 0.435 e. The molecule has 1 aromatic heterocycles. The molecule has 0 saturated carbocycles. The van der Waals surface area contributed by atoms with Crippen molar-refractivity contribution in [3.05, 3.63) is 18.0 Å². The Bertz CT molecular complexity index is 443. The van der Waals surface area contributed by atoms with E-state index in [1.807, 2.05) is 13.8 Å². The molecule has 5 nitrogen and oxygen atoms in total. The number of alkyl halides is 3. The van der Waals surface area contributed by atoms with Gasteiger partial charge in [-0.25, -0.2) is 0 Å². The molecule has 0 fully saturated rings. The van der Waals surface area contributed by atoms with Gasteiger partial charge in [0, 0.05) is 18.8 Å². The Kier molecular flexibility index (Phi) is 5.55. The number of aromatic nitrogens is 2. The van der Waals surface area contributed by atoms with E-state index in [-0.39, 0.29) is 25.1 Å². The van der Waals surface area contributed by atoms with Crippen LogP contribution in [0.25, 0.3) is 0 Å². The molecule has 0 bridgehead atoms. The second kappa shape index (κ2) is 6.74. The second-order valence-electron chi connectivity index (χ2n) is 4.83. The highest BCUT2D eigenvalue weighted by Gasteiger charge is 2.33. The van der Waals surface area contributed by atoms with E-state index in [4.69, 9.17) is 5.11 Å². The van der Waals surface area contributed by atoms with Gasteiger partial charge in [-0.15, -0.1) is 0 Å². The molecule has 0 saturated heterocycles. The van der Waals surface area contributed by atoms with Crippen LogP contribution in [0.3, 0.4) is 0 Å². The number of halogens is 3. The third-order valence-electron chi connectivity index (χ3n) is 2.83. The van der Waals surface area contributed by atoms with Gasteiger partial charge < -0.3 is 10.4 Å². The summed E-state index contributed by atoms with van der Waals surface area (Å²) >= 11 is 0. The van der Waals surface area contributed by atoms with Crippen LogP contribution in [-0.4, -0.2) is 33.4 Å². The molecule has 0 aliphatic heterocycles. The van der Waals surface area contributed by atoms with Crippen molar-refractivity contribution in [3.8, 4) is 0 Å². The first kappa shape index (κ1) is 16.5. The molecule has 0 aliphatic rings. The van der Waals surface area contributed by atoms with E-state index < -0.39 is 17.8 Å². The Morgan fingerprint density at radius 2 is 2.15 bits per heavy atom. The summed E-state index contributed by atoms with van der Waals surface area (Å²) < 4.78 is 38.0. The van der Waals surface area contributed by atoms with Gasteiger partial charge in [0.05, 0.1) is 0 Å². The SMILES string of the molecule is CC(C)C(CCO)NC(=O)Cn1ccc(C(F)(F)F)n1. The number of amides is 1. The van der Waals surface area contributed by atoms with E-state index >= 15 is 0 Å². The standard InChI is InChI=1S/C12H18F3N3O2/c1-8(2)9(4-6-19)16-11(20)7-18-5-3-10(17-18)12(13,14)15/h3,5,8-9,19H,4,6-7H2,1-2H3,(H,16,20). The first-order valence-corrected chi connectivity index (χ1v) is 6.25. The maximum absolute atomic E-state index is 12.4. The molecule has 1 rings (SSSR count). The summed E-state index contributed by atoms with van der Waals surface area (Å²) in [5.41, 5.74) is -1.03. The number of carbonyl (C=O) groups excluding carboxylic acids is 1. The Balaban J connectivity index is 2.60. The normalized spacial score (nSPS) is 13.6. The zero-order valence-corrected chi connectivity index (χ0v) is 11.3. The number of nitrogens with zero attached hydrogens (tertiary/aromatic N) is 2. The molecule has 0 radical (unpaired) electrons. The molecular formula is C12H18F3N3O2. The summed E-state index contributed by atoms with van der Waals surface area (Å²) in [5, 5.41) is 14.9. The van der Waals surface area contributed by atoms with Gasteiger partial charge in [-0.05, 0) is 18.4 Å². The third-order valence-corrected chi connectivity index (χ3v) is 2.83. The fourth-order valence-corrected chi connectivity index (χ4v) is 1.71. The highest BCUT2D eigenvalue weighted by Crippen LogP contribution is 2.27. The van der Waals surface area contributed by atoms with Crippen LogP contribution in [0.5, 0.6) is 0 Å². The molecule has 20 heavy (non-hydrogen) atoms. The number of carbonyl (C=O) groups is 1. The van der Waals surface area contributed by atoms with E-state index in [1.165, 1.54) is 0 Å². The molecule has 0 aliphatic carbocycles. The lowest BCUT2D eigenvalue weighted by molar-refractivity contribution is -0.141. The van der Waals surface area contributed by atoms with Crippen LogP contribution < -0.4 is 5.32 Å². The summed E-state index contributed by atoms with van der Waals surface area (Å²) in [6.45, 7) is 3.42. The fourth-order valence-electron chi connectivity index (χ4n) is 1.71. The molecule has 8 heteroatoms. The van der Waals surface area contributed by atoms with E-state index in [9.17, 15) is 18.0 Å². The molecular weight excluding hydrogens is 275 g/mol. The molecule has 1 atom stereocenters. The number of nitrogens with one attached hydrogen (secondary N) is 1. The van der Waals surface area contributed by atoms with E-state index in [2.05, 4.69) is 10.4 Å². The zero-order chi connectivity index (χ0) is 15.3. The fraction of sp³-hybridized carbons (Fsp3) is 0.667. The van der Waals surface area contributed by atoms with Crippen LogP contribution in [0, 0.1) is 5.92 Å². The molecule has 1 amide bonds. The van der Waals surface area contributed by atoms with Gasteiger partial charge >= 0.3 is 6.18 Å². The monoisotopic (exact) mass is 293 g/mol. The molecule has 0 aromatic carbocycles. The number of aliphatic hydroxyl groups excluding tert-OH is 1. The largest absolute Gasteiger partial charge is 0.435 e. The van der Waals surface area contributed by atoms with Crippen molar-refractivity contribution in [1.29, 1.82) is 0 Å². The minimum atomic E-state index is -4.51. The third kappa shape index (κ3) is 4.84. The van der Waals surface area contributed by atoms with Crippen molar-refractivity contribution in [2.45, 2.75) is 39.0 Å². The first-order valence-electron chi connectivity index (χ1n) is 6.25. The van der Waals surface area contributed by atoms with Gasteiger partial charge in [-0.3, -0.25) is 9.48 Å². The number of rotatable bonds is 6. The minimum absolute atomic E-state index is 0.0664. The van der Waals surface area contributed by atoms with Gasteiger partial charge in [-0.2, -0.15) is 18.3 Å². The van der Waals surface area contributed by atoms with Gasteiger partial charge in [-0.1, -0.05) is 13.8 Å². The summed E-state index contributed by atoms with van der Waals surface area (Å²) in [6, 6.07) is 0.603. The van der Waals surface area contributed by atoms with E-state index in [0.29, 0.717) is 6.42 Å². The number of hydrogen-bond acceptors (Lipinski definition) is 3. The Labute approximate surface area is 114 Å². The van der Waals surface area contributed by atoms with Gasteiger partial charge in [0.2, 0.25) is 5.91 Å². The summed E-state index contributed by atoms with van der Waals surface area (Å²) in [4.78, 5) is 11.7. The average molecular weight is 293 g/mol. The van der Waals surface area contributed by atoms with E-state index in [1.54, 1.807) is 0 Å². The average Bonchev–Trinajstić information content (AvgIpc) is 2.76.